The van der Waals surface area contributed by atoms with Crippen LogP contribution in [0.2, 0.25) is 0 Å². The summed E-state index contributed by atoms with van der Waals surface area (Å²) >= 11 is 1.45. The van der Waals surface area contributed by atoms with Crippen molar-refractivity contribution >= 4 is 29.7 Å². The highest BCUT2D eigenvalue weighted by atomic mass is 32.2. The minimum atomic E-state index is -1.02. The summed E-state index contributed by atoms with van der Waals surface area (Å²) in [7, 11) is 1.26. The smallest absolute Gasteiger partial charge is 0.327 e. The summed E-state index contributed by atoms with van der Waals surface area (Å²) in [6.45, 7) is 5.28. The monoisotopic (exact) mass is 318 g/mol. The van der Waals surface area contributed by atoms with Crippen LogP contribution in [-0.4, -0.2) is 69.7 Å². The van der Waals surface area contributed by atoms with Crippen molar-refractivity contribution in [2.45, 2.75) is 44.6 Å². The Hall–Kier alpha value is -1.44. The normalized spacial score (nSPS) is 21.5. The fourth-order valence-corrected chi connectivity index (χ4v) is 3.49. The molecule has 2 unspecified atom stereocenters. The summed E-state index contributed by atoms with van der Waals surface area (Å²) in [5.74, 6) is -1.18. The average Bonchev–Trinajstić information content (AvgIpc) is 2.87. The minimum absolute atomic E-state index is 0.183. The largest absolute Gasteiger partial charge is 0.480 e. The number of carbonyl (C=O) groups excluding carboxylic acids is 2. The van der Waals surface area contributed by atoms with Crippen LogP contribution in [0.15, 0.2) is 0 Å². The number of nitrogens with zero attached hydrogens (tertiary/aromatic N) is 2. The van der Waals surface area contributed by atoms with Crippen LogP contribution in [0, 0.1) is 0 Å². The molecule has 0 spiro atoms. The van der Waals surface area contributed by atoms with Crippen LogP contribution in [0.4, 0.5) is 4.79 Å². The first kappa shape index (κ1) is 17.6. The maximum absolute atomic E-state index is 12.7. The lowest BCUT2D eigenvalue weighted by Gasteiger charge is -2.34. The van der Waals surface area contributed by atoms with Gasteiger partial charge in [0.15, 0.2) is 0 Å². The zero-order valence-corrected chi connectivity index (χ0v) is 13.6. The third-order valence-electron chi connectivity index (χ3n) is 3.34. The Morgan fingerprint density at radius 1 is 1.43 bits per heavy atom. The third kappa shape index (κ3) is 4.03. The molecule has 2 atom stereocenters. The number of carbonyl (C=O) groups is 3. The summed E-state index contributed by atoms with van der Waals surface area (Å²) in [6.07, 6.45) is 0.657. The molecule has 1 saturated heterocycles. The molecule has 7 nitrogen and oxygen atoms in total. The highest BCUT2D eigenvalue weighted by Crippen LogP contribution is 2.32. The van der Waals surface area contributed by atoms with E-state index < -0.39 is 24.0 Å². The molecule has 1 aliphatic heterocycles. The average molecular weight is 318 g/mol. The lowest BCUT2D eigenvalue weighted by molar-refractivity contribution is -0.142. The number of carboxylic acids is 1. The topological polar surface area (TPSA) is 87.2 Å². The molecule has 21 heavy (non-hydrogen) atoms. The fraction of sp³-hybridized carbons (Fsp3) is 0.769. The van der Waals surface area contributed by atoms with E-state index in [9.17, 15) is 19.5 Å². The first-order valence-corrected chi connectivity index (χ1v) is 7.88. The molecule has 0 aliphatic carbocycles. The molecule has 0 saturated carbocycles. The van der Waals surface area contributed by atoms with Crippen molar-refractivity contribution in [2.24, 2.45) is 0 Å². The van der Waals surface area contributed by atoms with Crippen LogP contribution >= 0.6 is 11.8 Å². The van der Waals surface area contributed by atoms with Crippen LogP contribution in [-0.2, 0) is 14.3 Å². The molecule has 1 heterocycles. The molecule has 0 aromatic rings. The number of methoxy groups -OCH3 is 1. The van der Waals surface area contributed by atoms with Gasteiger partial charge in [0.25, 0.3) is 0 Å². The van der Waals surface area contributed by atoms with Crippen LogP contribution in [0.3, 0.4) is 0 Å². The fourth-order valence-electron chi connectivity index (χ4n) is 2.15. The number of thioether (sulfide) groups is 1. The molecule has 1 aliphatic rings. The van der Waals surface area contributed by atoms with E-state index in [0.717, 1.165) is 0 Å². The number of ether oxygens (including phenoxy) is 1. The standard InChI is InChI=1S/C13H22N2O5S/c1-5-10-15(9(7-21-10)12(17)18)13(19)14(8(2)3)6-11(16)20-4/h8-10H,5-7H2,1-4H3,(H,17,18). The molecule has 0 aromatic carbocycles. The predicted molar refractivity (Wildman–Crippen MR) is 79.1 cm³/mol. The van der Waals surface area contributed by atoms with Gasteiger partial charge in [0.2, 0.25) is 0 Å². The molecule has 1 fully saturated rings. The van der Waals surface area contributed by atoms with E-state index in [1.165, 1.54) is 28.7 Å². The van der Waals surface area contributed by atoms with Crippen molar-refractivity contribution in [2.75, 3.05) is 19.4 Å². The lowest BCUT2D eigenvalue weighted by Crippen LogP contribution is -2.54. The van der Waals surface area contributed by atoms with Crippen LogP contribution in [0.25, 0.3) is 0 Å². The Labute approximate surface area is 128 Å². The zero-order valence-electron chi connectivity index (χ0n) is 12.7. The van der Waals surface area contributed by atoms with E-state index >= 15 is 0 Å². The van der Waals surface area contributed by atoms with Crippen molar-refractivity contribution in [3.8, 4) is 0 Å². The Kier molecular flexibility index (Phi) is 6.32. The van der Waals surface area contributed by atoms with Gasteiger partial charge in [-0.2, -0.15) is 0 Å². The van der Waals surface area contributed by atoms with Gasteiger partial charge < -0.3 is 14.7 Å². The van der Waals surface area contributed by atoms with E-state index in [0.29, 0.717) is 12.2 Å². The van der Waals surface area contributed by atoms with E-state index in [1.807, 2.05) is 6.92 Å². The Bertz CT molecular complexity index is 415. The lowest BCUT2D eigenvalue weighted by atomic mass is 10.2. The Morgan fingerprint density at radius 3 is 2.48 bits per heavy atom. The molecular weight excluding hydrogens is 296 g/mol. The van der Waals surface area contributed by atoms with E-state index in [1.54, 1.807) is 13.8 Å². The molecule has 2 amide bonds. The van der Waals surface area contributed by atoms with Crippen LogP contribution < -0.4 is 0 Å². The first-order valence-electron chi connectivity index (χ1n) is 6.83. The van der Waals surface area contributed by atoms with Crippen LogP contribution in [0.5, 0.6) is 0 Å². The second-order valence-corrected chi connectivity index (χ2v) is 6.25. The van der Waals surface area contributed by atoms with Gasteiger partial charge in [0, 0.05) is 11.8 Å². The van der Waals surface area contributed by atoms with Crippen LogP contribution in [0.1, 0.15) is 27.2 Å². The second-order valence-electron chi connectivity index (χ2n) is 5.04. The number of esters is 1. The Balaban J connectivity index is 2.98. The number of hydrogen-bond acceptors (Lipinski definition) is 5. The molecular formula is C13H22N2O5S. The number of urea groups is 1. The van der Waals surface area contributed by atoms with Gasteiger partial charge in [0.05, 0.1) is 12.5 Å². The summed E-state index contributed by atoms with van der Waals surface area (Å²) in [5, 5.41) is 9.09. The van der Waals surface area contributed by atoms with E-state index in [4.69, 9.17) is 0 Å². The number of rotatable bonds is 5. The van der Waals surface area contributed by atoms with Gasteiger partial charge in [0.1, 0.15) is 12.6 Å². The quantitative estimate of drug-likeness (QED) is 0.767. The molecule has 120 valence electrons. The van der Waals surface area contributed by atoms with Gasteiger partial charge in [-0.05, 0) is 20.3 Å². The SMILES string of the molecule is CCC1SCC(C(=O)O)N1C(=O)N(CC(=O)OC)C(C)C. The first-order chi connectivity index (χ1) is 9.83. The van der Waals surface area contributed by atoms with Crippen molar-refractivity contribution < 1.29 is 24.2 Å². The molecule has 1 N–H and O–H groups in total. The molecule has 0 aromatic heterocycles. The maximum atomic E-state index is 12.7. The van der Waals surface area contributed by atoms with E-state index in [-0.39, 0.29) is 18.0 Å². The van der Waals surface area contributed by atoms with E-state index in [2.05, 4.69) is 4.74 Å². The summed E-state index contributed by atoms with van der Waals surface area (Å²) < 4.78 is 4.60. The van der Waals surface area contributed by atoms with Crippen molar-refractivity contribution in [3.63, 3.8) is 0 Å². The zero-order chi connectivity index (χ0) is 16.2. The molecule has 1 rings (SSSR count). The predicted octanol–water partition coefficient (Wildman–Crippen LogP) is 1.23. The van der Waals surface area contributed by atoms with Gasteiger partial charge in [-0.1, -0.05) is 6.92 Å². The molecule has 0 radical (unpaired) electrons. The van der Waals surface area contributed by atoms with Crippen molar-refractivity contribution in [1.82, 2.24) is 9.80 Å². The number of hydrogen-bond donors (Lipinski definition) is 1. The highest BCUT2D eigenvalue weighted by Gasteiger charge is 2.43. The van der Waals surface area contributed by atoms with Gasteiger partial charge in [-0.25, -0.2) is 9.59 Å². The molecule has 8 heteroatoms. The minimum Gasteiger partial charge on any atom is -0.480 e. The van der Waals surface area contributed by atoms with Crippen molar-refractivity contribution in [3.05, 3.63) is 0 Å². The number of amides is 2. The van der Waals surface area contributed by atoms with Gasteiger partial charge in [-0.3, -0.25) is 9.69 Å². The summed E-state index contributed by atoms with van der Waals surface area (Å²) in [4.78, 5) is 38.2. The van der Waals surface area contributed by atoms with Gasteiger partial charge in [-0.15, -0.1) is 11.8 Å². The number of aliphatic carboxylic acids is 1. The number of carboxylic acid groups (broad SMARTS) is 1. The highest BCUT2D eigenvalue weighted by molar-refractivity contribution is 8.00. The van der Waals surface area contributed by atoms with Gasteiger partial charge >= 0.3 is 18.0 Å². The molecule has 0 bridgehead atoms. The summed E-state index contributed by atoms with van der Waals surface area (Å²) in [6, 6.07) is -1.51. The van der Waals surface area contributed by atoms with Crippen molar-refractivity contribution in [1.29, 1.82) is 0 Å². The maximum Gasteiger partial charge on any atom is 0.327 e. The second kappa shape index (κ2) is 7.53. The Morgan fingerprint density at radius 2 is 2.05 bits per heavy atom. The third-order valence-corrected chi connectivity index (χ3v) is 4.80. The summed E-state index contributed by atoms with van der Waals surface area (Å²) in [5.41, 5.74) is 0.